The van der Waals surface area contributed by atoms with E-state index in [1.54, 1.807) is 0 Å². The summed E-state index contributed by atoms with van der Waals surface area (Å²) in [5, 5.41) is 0. The fourth-order valence-corrected chi connectivity index (χ4v) is 4.05. The average Bonchev–Trinajstić information content (AvgIpc) is 2.73. The number of amides is 1. The second-order valence-corrected chi connectivity index (χ2v) is 5.20. The van der Waals surface area contributed by atoms with Crippen LogP contribution in [0.4, 0.5) is 0 Å². The maximum atomic E-state index is 12.1. The number of carbonyl (C=O) groups is 1. The highest BCUT2D eigenvalue weighted by molar-refractivity contribution is 5.87. The lowest BCUT2D eigenvalue weighted by atomic mass is 9.93. The molecular weight excluding hydrogens is 176 g/mol. The van der Waals surface area contributed by atoms with Gasteiger partial charge in [-0.3, -0.25) is 9.69 Å². The molecule has 0 radical (unpaired) electrons. The van der Waals surface area contributed by atoms with Gasteiger partial charge in [-0.2, -0.15) is 0 Å². The van der Waals surface area contributed by atoms with Gasteiger partial charge in [-0.1, -0.05) is 0 Å². The summed E-state index contributed by atoms with van der Waals surface area (Å²) in [6.45, 7) is 1.18. The standard InChI is InChI=1S/C11H16N2O/c14-11-9-5-2-6-12(9)7-3-1-4-8-10(7)13(8)11/h7-10H,1-6H2/t7-,8+,9+,10-,13?/m1/s1. The predicted molar refractivity (Wildman–Crippen MR) is 51.8 cm³/mol. The van der Waals surface area contributed by atoms with Crippen LogP contribution in [0.5, 0.6) is 0 Å². The van der Waals surface area contributed by atoms with Gasteiger partial charge in [0.2, 0.25) is 5.91 Å². The van der Waals surface area contributed by atoms with Crippen molar-refractivity contribution in [1.82, 2.24) is 9.80 Å². The van der Waals surface area contributed by atoms with Gasteiger partial charge in [0.25, 0.3) is 0 Å². The Balaban J connectivity index is 1.74. The number of nitrogens with zero attached hydrogens (tertiary/aromatic N) is 2. The zero-order valence-corrected chi connectivity index (χ0v) is 8.35. The van der Waals surface area contributed by atoms with Crippen LogP contribution in [0.25, 0.3) is 0 Å². The molecule has 4 atom stereocenters. The summed E-state index contributed by atoms with van der Waals surface area (Å²) in [5.74, 6) is 0.454. The van der Waals surface area contributed by atoms with Crippen molar-refractivity contribution in [3.8, 4) is 0 Å². The van der Waals surface area contributed by atoms with Gasteiger partial charge in [0.05, 0.1) is 18.1 Å². The van der Waals surface area contributed by atoms with Crippen LogP contribution in [-0.2, 0) is 4.79 Å². The SMILES string of the molecule is O=C1[C@@H]2CCCN2[C@@H]2CCC[C@H]3[C@@H]2N13. The van der Waals surface area contributed by atoms with Crippen molar-refractivity contribution >= 4 is 5.91 Å². The Hall–Kier alpha value is -0.570. The second-order valence-electron chi connectivity index (χ2n) is 5.20. The van der Waals surface area contributed by atoms with Crippen LogP contribution in [0.2, 0.25) is 0 Å². The van der Waals surface area contributed by atoms with Crippen LogP contribution in [0, 0.1) is 0 Å². The molecule has 0 N–H and O–H groups in total. The largest absolute Gasteiger partial charge is 0.330 e. The number of carbonyl (C=O) groups excluding carboxylic acids is 1. The van der Waals surface area contributed by atoms with E-state index in [1.807, 2.05) is 0 Å². The highest BCUT2D eigenvalue weighted by Crippen LogP contribution is 2.48. The Labute approximate surface area is 84.0 Å². The van der Waals surface area contributed by atoms with Crippen molar-refractivity contribution in [2.75, 3.05) is 6.54 Å². The molecule has 3 heterocycles. The van der Waals surface area contributed by atoms with Crippen LogP contribution in [-0.4, -0.2) is 46.4 Å². The van der Waals surface area contributed by atoms with E-state index in [-0.39, 0.29) is 6.04 Å². The number of rotatable bonds is 0. The van der Waals surface area contributed by atoms with E-state index in [9.17, 15) is 4.79 Å². The monoisotopic (exact) mass is 192 g/mol. The first-order valence-corrected chi connectivity index (χ1v) is 5.96. The highest BCUT2D eigenvalue weighted by atomic mass is 16.2. The molecule has 0 bridgehead atoms. The lowest BCUT2D eigenvalue weighted by molar-refractivity contribution is -0.135. The number of piperazine rings is 1. The van der Waals surface area contributed by atoms with Gasteiger partial charge in [-0.05, 0) is 38.6 Å². The van der Waals surface area contributed by atoms with Crippen LogP contribution in [0.1, 0.15) is 32.1 Å². The Morgan fingerprint density at radius 2 is 1.93 bits per heavy atom. The Morgan fingerprint density at radius 1 is 1.07 bits per heavy atom. The summed E-state index contributed by atoms with van der Waals surface area (Å²) < 4.78 is 0. The van der Waals surface area contributed by atoms with Crippen LogP contribution in [0.3, 0.4) is 0 Å². The molecule has 0 unspecified atom stereocenters. The van der Waals surface area contributed by atoms with E-state index in [0.29, 0.717) is 18.0 Å². The third-order valence-electron chi connectivity index (χ3n) is 4.64. The van der Waals surface area contributed by atoms with Gasteiger partial charge in [-0.25, -0.2) is 0 Å². The summed E-state index contributed by atoms with van der Waals surface area (Å²) >= 11 is 0. The molecule has 3 aliphatic heterocycles. The zero-order valence-electron chi connectivity index (χ0n) is 8.35. The van der Waals surface area contributed by atoms with E-state index in [4.69, 9.17) is 0 Å². The van der Waals surface area contributed by atoms with Gasteiger partial charge in [0.1, 0.15) is 0 Å². The maximum Gasteiger partial charge on any atom is 0.240 e. The molecule has 3 nitrogen and oxygen atoms in total. The summed E-state index contributed by atoms with van der Waals surface area (Å²) in [4.78, 5) is 16.8. The second kappa shape index (κ2) is 2.32. The van der Waals surface area contributed by atoms with Gasteiger partial charge >= 0.3 is 0 Å². The predicted octanol–water partition coefficient (Wildman–Crippen LogP) is 0.596. The Bertz CT molecular complexity index is 304. The molecule has 1 saturated carbocycles. The first-order chi connectivity index (χ1) is 6.88. The molecule has 0 spiro atoms. The lowest BCUT2D eigenvalue weighted by Crippen LogP contribution is -2.53. The maximum absolute atomic E-state index is 12.1. The normalized spacial score (nSPS) is 50.3. The molecule has 4 rings (SSSR count). The molecule has 3 heteroatoms. The smallest absolute Gasteiger partial charge is 0.240 e. The fraction of sp³-hybridized carbons (Fsp3) is 0.909. The molecular formula is C11H16N2O. The number of hydrogen-bond donors (Lipinski definition) is 0. The molecule has 0 aromatic heterocycles. The van der Waals surface area contributed by atoms with Crippen LogP contribution >= 0.6 is 0 Å². The summed E-state index contributed by atoms with van der Waals surface area (Å²) in [6, 6.07) is 2.29. The van der Waals surface area contributed by atoms with Gasteiger partial charge < -0.3 is 4.90 Å². The van der Waals surface area contributed by atoms with E-state index in [1.165, 1.54) is 32.2 Å². The molecule has 4 fully saturated rings. The quantitative estimate of drug-likeness (QED) is 0.525. The lowest BCUT2D eigenvalue weighted by Gasteiger charge is -2.36. The van der Waals surface area contributed by atoms with E-state index >= 15 is 0 Å². The van der Waals surface area contributed by atoms with E-state index in [0.717, 1.165) is 12.5 Å². The van der Waals surface area contributed by atoms with Crippen molar-refractivity contribution in [2.45, 2.75) is 56.3 Å². The third kappa shape index (κ3) is 0.724. The minimum Gasteiger partial charge on any atom is -0.330 e. The van der Waals surface area contributed by atoms with Gasteiger partial charge in [0, 0.05) is 6.04 Å². The molecule has 0 aromatic rings. The molecule has 76 valence electrons. The Morgan fingerprint density at radius 3 is 2.86 bits per heavy atom. The van der Waals surface area contributed by atoms with Crippen molar-refractivity contribution in [2.24, 2.45) is 0 Å². The minimum absolute atomic E-state index is 0.277. The third-order valence-corrected chi connectivity index (χ3v) is 4.64. The van der Waals surface area contributed by atoms with Crippen molar-refractivity contribution in [3.63, 3.8) is 0 Å². The molecule has 4 aliphatic rings. The van der Waals surface area contributed by atoms with Crippen molar-refractivity contribution in [1.29, 1.82) is 0 Å². The number of hydrogen-bond acceptors (Lipinski definition) is 2. The van der Waals surface area contributed by atoms with E-state index < -0.39 is 0 Å². The summed E-state index contributed by atoms with van der Waals surface area (Å²) in [7, 11) is 0. The Kier molecular flexibility index (Phi) is 1.28. The molecule has 3 saturated heterocycles. The van der Waals surface area contributed by atoms with Gasteiger partial charge in [0.15, 0.2) is 0 Å². The fourth-order valence-electron chi connectivity index (χ4n) is 4.05. The first kappa shape index (κ1) is 7.69. The van der Waals surface area contributed by atoms with Crippen LogP contribution in [0.15, 0.2) is 0 Å². The number of fused-ring (bicyclic) bond motifs is 3. The van der Waals surface area contributed by atoms with Gasteiger partial charge in [-0.15, -0.1) is 0 Å². The first-order valence-electron chi connectivity index (χ1n) is 5.96. The summed E-state index contributed by atoms with van der Waals surface area (Å²) in [5.41, 5.74) is 0. The molecule has 14 heavy (non-hydrogen) atoms. The molecule has 0 aromatic carbocycles. The summed E-state index contributed by atoms with van der Waals surface area (Å²) in [6.07, 6.45) is 6.29. The topological polar surface area (TPSA) is 23.3 Å². The van der Waals surface area contributed by atoms with E-state index in [2.05, 4.69) is 9.80 Å². The minimum atomic E-state index is 0.277. The molecule has 1 aliphatic carbocycles. The molecule has 1 amide bonds. The van der Waals surface area contributed by atoms with Crippen LogP contribution < -0.4 is 0 Å². The van der Waals surface area contributed by atoms with Crippen molar-refractivity contribution in [3.05, 3.63) is 0 Å². The zero-order chi connectivity index (χ0) is 9.28. The van der Waals surface area contributed by atoms with Crippen molar-refractivity contribution < 1.29 is 4.79 Å². The average molecular weight is 192 g/mol. The highest BCUT2D eigenvalue weighted by Gasteiger charge is 2.63.